The number of benzene rings is 2. The molecule has 0 aliphatic carbocycles. The number of pyridine rings is 1. The summed E-state index contributed by atoms with van der Waals surface area (Å²) >= 11 is 0. The van der Waals surface area contributed by atoms with Gasteiger partial charge in [-0.2, -0.15) is 0 Å². The first-order valence-corrected chi connectivity index (χ1v) is 7.52. The lowest BCUT2D eigenvalue weighted by molar-refractivity contribution is 0.0964. The second-order valence-corrected chi connectivity index (χ2v) is 5.22. The molecule has 0 atom stereocenters. The molecule has 1 heterocycles. The number of hydrogen-bond donors (Lipinski definition) is 1. The summed E-state index contributed by atoms with van der Waals surface area (Å²) in [6, 6.07) is 15.0. The van der Waals surface area contributed by atoms with Gasteiger partial charge < -0.3 is 14.8 Å². The number of amides is 1. The van der Waals surface area contributed by atoms with E-state index in [-0.39, 0.29) is 5.91 Å². The molecule has 5 nitrogen and oxygen atoms in total. The molecule has 122 valence electrons. The van der Waals surface area contributed by atoms with Gasteiger partial charge in [-0.3, -0.25) is 4.79 Å². The molecule has 0 aliphatic rings. The molecule has 24 heavy (non-hydrogen) atoms. The van der Waals surface area contributed by atoms with E-state index < -0.39 is 0 Å². The molecule has 0 radical (unpaired) electrons. The number of carbonyl (C=O) groups excluding carboxylic acids is 1. The summed E-state index contributed by atoms with van der Waals surface area (Å²) in [5.74, 6) is 1.12. The van der Waals surface area contributed by atoms with Crippen LogP contribution in [0.3, 0.4) is 0 Å². The second-order valence-electron chi connectivity index (χ2n) is 5.22. The predicted octanol–water partition coefficient (Wildman–Crippen LogP) is 3.28. The van der Waals surface area contributed by atoms with Crippen LogP contribution in [0.25, 0.3) is 22.2 Å². The monoisotopic (exact) mass is 322 g/mol. The van der Waals surface area contributed by atoms with Crippen LogP contribution in [-0.2, 0) is 0 Å². The molecule has 5 heteroatoms. The Balaban J connectivity index is 2.21. The van der Waals surface area contributed by atoms with E-state index in [1.807, 2.05) is 42.5 Å². The highest BCUT2D eigenvalue weighted by Gasteiger charge is 2.14. The molecule has 1 amide bonds. The van der Waals surface area contributed by atoms with Crippen molar-refractivity contribution in [2.24, 2.45) is 0 Å². The Morgan fingerprint density at radius 3 is 2.46 bits per heavy atom. The van der Waals surface area contributed by atoms with Crippen molar-refractivity contribution >= 4 is 16.8 Å². The lowest BCUT2D eigenvalue weighted by Crippen LogP contribution is -2.18. The van der Waals surface area contributed by atoms with Gasteiger partial charge in [0.1, 0.15) is 0 Å². The third kappa shape index (κ3) is 2.76. The van der Waals surface area contributed by atoms with Crippen molar-refractivity contribution in [3.8, 4) is 22.8 Å². The highest BCUT2D eigenvalue weighted by molar-refractivity contribution is 6.07. The standard InChI is InChI=1S/C19H18N2O3/c1-20-19(22)14-11-16(21-15-7-5-4-6-13(14)15)12-8-9-17(23-2)18(10-12)24-3/h4-11H,1-3H3,(H,20,22). The van der Waals surface area contributed by atoms with Crippen LogP contribution in [0.4, 0.5) is 0 Å². The molecule has 2 aromatic carbocycles. The fourth-order valence-corrected chi connectivity index (χ4v) is 2.64. The number of aromatic nitrogens is 1. The van der Waals surface area contributed by atoms with Crippen molar-refractivity contribution in [3.63, 3.8) is 0 Å². The number of para-hydroxylation sites is 1. The molecule has 0 bridgehead atoms. The van der Waals surface area contributed by atoms with Crippen LogP contribution < -0.4 is 14.8 Å². The third-order valence-electron chi connectivity index (χ3n) is 3.87. The Kier molecular flexibility index (Phi) is 4.33. The topological polar surface area (TPSA) is 60.5 Å². The number of methoxy groups -OCH3 is 2. The van der Waals surface area contributed by atoms with E-state index >= 15 is 0 Å². The molecule has 0 unspecified atom stereocenters. The van der Waals surface area contributed by atoms with E-state index in [0.29, 0.717) is 22.8 Å². The molecule has 0 aliphatic heterocycles. The predicted molar refractivity (Wildman–Crippen MR) is 93.7 cm³/mol. The molecule has 0 saturated carbocycles. The van der Waals surface area contributed by atoms with Gasteiger partial charge in [0.15, 0.2) is 11.5 Å². The van der Waals surface area contributed by atoms with Gasteiger partial charge in [-0.1, -0.05) is 18.2 Å². The minimum Gasteiger partial charge on any atom is -0.493 e. The molecule has 1 N–H and O–H groups in total. The van der Waals surface area contributed by atoms with E-state index in [1.54, 1.807) is 27.3 Å². The first-order chi connectivity index (χ1) is 11.7. The molecule has 0 fully saturated rings. The zero-order valence-electron chi connectivity index (χ0n) is 13.8. The summed E-state index contributed by atoms with van der Waals surface area (Å²) in [7, 11) is 4.80. The van der Waals surface area contributed by atoms with Crippen molar-refractivity contribution in [2.75, 3.05) is 21.3 Å². The van der Waals surface area contributed by atoms with Gasteiger partial charge in [-0.15, -0.1) is 0 Å². The highest BCUT2D eigenvalue weighted by Crippen LogP contribution is 2.33. The van der Waals surface area contributed by atoms with Crippen LogP contribution >= 0.6 is 0 Å². The van der Waals surface area contributed by atoms with E-state index in [0.717, 1.165) is 16.5 Å². The summed E-state index contributed by atoms with van der Waals surface area (Å²) in [6.45, 7) is 0. The maximum Gasteiger partial charge on any atom is 0.251 e. The molecular weight excluding hydrogens is 304 g/mol. The van der Waals surface area contributed by atoms with Crippen molar-refractivity contribution in [1.29, 1.82) is 0 Å². The Morgan fingerprint density at radius 1 is 1.00 bits per heavy atom. The zero-order valence-corrected chi connectivity index (χ0v) is 13.8. The van der Waals surface area contributed by atoms with Crippen molar-refractivity contribution in [3.05, 3.63) is 54.1 Å². The van der Waals surface area contributed by atoms with Crippen molar-refractivity contribution < 1.29 is 14.3 Å². The highest BCUT2D eigenvalue weighted by atomic mass is 16.5. The van der Waals surface area contributed by atoms with Gasteiger partial charge in [0.05, 0.1) is 31.0 Å². The van der Waals surface area contributed by atoms with E-state index in [4.69, 9.17) is 9.47 Å². The Labute approximate surface area is 140 Å². The SMILES string of the molecule is CNC(=O)c1cc(-c2ccc(OC)c(OC)c2)nc2ccccc12. The third-order valence-corrected chi connectivity index (χ3v) is 3.87. The first kappa shape index (κ1) is 15.8. The minimum atomic E-state index is -0.143. The largest absolute Gasteiger partial charge is 0.493 e. The molecular formula is C19H18N2O3. The maximum absolute atomic E-state index is 12.3. The smallest absolute Gasteiger partial charge is 0.251 e. The van der Waals surface area contributed by atoms with Crippen LogP contribution in [0, 0.1) is 0 Å². The summed E-state index contributed by atoms with van der Waals surface area (Å²) < 4.78 is 10.6. The number of nitrogens with one attached hydrogen (secondary N) is 1. The van der Waals surface area contributed by atoms with Crippen LogP contribution in [0.2, 0.25) is 0 Å². The molecule has 3 rings (SSSR count). The van der Waals surface area contributed by atoms with Gasteiger partial charge in [0, 0.05) is 18.0 Å². The summed E-state index contributed by atoms with van der Waals surface area (Å²) in [6.07, 6.45) is 0. The number of hydrogen-bond acceptors (Lipinski definition) is 4. The quantitative estimate of drug-likeness (QED) is 0.801. The number of fused-ring (bicyclic) bond motifs is 1. The number of carbonyl (C=O) groups is 1. The maximum atomic E-state index is 12.3. The lowest BCUT2D eigenvalue weighted by Gasteiger charge is -2.11. The van der Waals surface area contributed by atoms with E-state index in [9.17, 15) is 4.79 Å². The average molecular weight is 322 g/mol. The summed E-state index contributed by atoms with van der Waals surface area (Å²) in [5.41, 5.74) is 2.91. The normalized spacial score (nSPS) is 10.5. The van der Waals surface area contributed by atoms with E-state index in [2.05, 4.69) is 10.3 Å². The van der Waals surface area contributed by atoms with Crippen molar-refractivity contribution in [1.82, 2.24) is 10.3 Å². The van der Waals surface area contributed by atoms with Crippen molar-refractivity contribution in [2.45, 2.75) is 0 Å². The fourth-order valence-electron chi connectivity index (χ4n) is 2.64. The van der Waals surface area contributed by atoms with Crippen LogP contribution in [0.1, 0.15) is 10.4 Å². The fraction of sp³-hybridized carbons (Fsp3) is 0.158. The first-order valence-electron chi connectivity index (χ1n) is 7.52. The van der Waals surface area contributed by atoms with E-state index in [1.165, 1.54) is 0 Å². The van der Waals surface area contributed by atoms with Gasteiger partial charge >= 0.3 is 0 Å². The number of nitrogens with zero attached hydrogens (tertiary/aromatic N) is 1. The Bertz CT molecular complexity index is 906. The van der Waals surface area contributed by atoms with Crippen LogP contribution in [0.5, 0.6) is 11.5 Å². The summed E-state index contributed by atoms with van der Waals surface area (Å²) in [4.78, 5) is 16.9. The molecule has 3 aromatic rings. The zero-order chi connectivity index (χ0) is 17.1. The molecule has 0 saturated heterocycles. The average Bonchev–Trinajstić information content (AvgIpc) is 2.65. The van der Waals surface area contributed by atoms with Gasteiger partial charge in [-0.25, -0.2) is 4.98 Å². The number of ether oxygens (including phenoxy) is 2. The van der Waals surface area contributed by atoms with Crippen LogP contribution in [-0.4, -0.2) is 32.2 Å². The molecule has 1 aromatic heterocycles. The minimum absolute atomic E-state index is 0.143. The van der Waals surface area contributed by atoms with Gasteiger partial charge in [0.2, 0.25) is 0 Å². The van der Waals surface area contributed by atoms with Gasteiger partial charge in [0.25, 0.3) is 5.91 Å². The Hall–Kier alpha value is -3.08. The van der Waals surface area contributed by atoms with Crippen LogP contribution in [0.15, 0.2) is 48.5 Å². The second kappa shape index (κ2) is 6.58. The van der Waals surface area contributed by atoms with Gasteiger partial charge in [-0.05, 0) is 30.3 Å². The lowest BCUT2D eigenvalue weighted by atomic mass is 10.0. The number of rotatable bonds is 4. The Morgan fingerprint density at radius 2 is 1.75 bits per heavy atom. The molecule has 0 spiro atoms. The summed E-state index contributed by atoms with van der Waals surface area (Å²) in [5, 5.41) is 3.50.